The quantitative estimate of drug-likeness (QED) is 0.646. The van der Waals surface area contributed by atoms with E-state index in [1.807, 2.05) is 6.07 Å². The van der Waals surface area contributed by atoms with Gasteiger partial charge in [0.1, 0.15) is 19.3 Å². The molecule has 1 aromatic rings. The average molecular weight is 321 g/mol. The van der Waals surface area contributed by atoms with Gasteiger partial charge < -0.3 is 30.4 Å². The third-order valence-electron chi connectivity index (χ3n) is 2.32. The second-order valence-electron chi connectivity index (χ2n) is 3.93. The molecule has 0 aliphatic heterocycles. The molecule has 0 saturated carbocycles. The van der Waals surface area contributed by atoms with E-state index in [1.54, 1.807) is 18.2 Å². The first kappa shape index (κ1) is 19.3. The van der Waals surface area contributed by atoms with Gasteiger partial charge in [0.05, 0.1) is 7.11 Å². The van der Waals surface area contributed by atoms with Crippen LogP contribution >= 0.6 is 12.4 Å². The first-order valence-corrected chi connectivity index (χ1v) is 6.22. The van der Waals surface area contributed by atoms with Crippen molar-refractivity contribution >= 4 is 18.5 Å². The number of aliphatic hydroxyl groups is 1. The number of nitrogens with two attached hydrogens (primary N) is 1. The lowest BCUT2D eigenvalue weighted by atomic mass is 10.3. The highest BCUT2D eigenvalue weighted by Gasteiger charge is 2.10. The number of halogens is 1. The van der Waals surface area contributed by atoms with Crippen molar-refractivity contribution in [2.45, 2.75) is 6.10 Å². The molecule has 0 heterocycles. The van der Waals surface area contributed by atoms with Crippen molar-refractivity contribution in [2.75, 3.05) is 33.4 Å². The molecule has 0 bridgehead atoms. The molecular formula is C13H21ClN2O5. The highest BCUT2D eigenvalue weighted by molar-refractivity contribution is 5.85. The predicted octanol–water partition coefficient (Wildman–Crippen LogP) is 0.542. The standard InChI is InChI=1S/C13H20N2O5.ClH/c1-18-11-4-2-3-5-12(11)19-8-10(16)9-20-13(17)15-7-6-14;/h2-5,10,16H,6-9,14H2,1H3,(H,15,17);1H. The fourth-order valence-electron chi connectivity index (χ4n) is 1.37. The van der Waals surface area contributed by atoms with Gasteiger partial charge in [-0.25, -0.2) is 4.79 Å². The predicted molar refractivity (Wildman–Crippen MR) is 80.1 cm³/mol. The minimum atomic E-state index is -0.927. The average Bonchev–Trinajstić information content (AvgIpc) is 2.48. The number of amides is 1. The van der Waals surface area contributed by atoms with Crippen LogP contribution in [0.3, 0.4) is 0 Å². The summed E-state index contributed by atoms with van der Waals surface area (Å²) in [4.78, 5) is 11.1. The van der Waals surface area contributed by atoms with Crippen molar-refractivity contribution in [1.82, 2.24) is 5.32 Å². The third kappa shape index (κ3) is 7.60. The Kier molecular flexibility index (Phi) is 10.1. The number of nitrogens with one attached hydrogen (secondary N) is 1. The summed E-state index contributed by atoms with van der Waals surface area (Å²) in [6.45, 7) is 0.483. The molecule has 4 N–H and O–H groups in total. The number of alkyl carbamates (subject to hydrolysis) is 1. The smallest absolute Gasteiger partial charge is 0.407 e. The number of hydrogen-bond acceptors (Lipinski definition) is 6. The van der Waals surface area contributed by atoms with Gasteiger partial charge in [0.15, 0.2) is 11.5 Å². The van der Waals surface area contributed by atoms with Crippen LogP contribution in [0.5, 0.6) is 11.5 Å². The second kappa shape index (κ2) is 11.0. The van der Waals surface area contributed by atoms with Crippen LogP contribution in [-0.4, -0.2) is 50.7 Å². The molecule has 0 fully saturated rings. The topological polar surface area (TPSA) is 103 Å². The lowest BCUT2D eigenvalue weighted by molar-refractivity contribution is 0.0384. The maximum absolute atomic E-state index is 11.1. The maximum Gasteiger partial charge on any atom is 0.407 e. The molecule has 1 unspecified atom stereocenters. The van der Waals surface area contributed by atoms with E-state index in [-0.39, 0.29) is 25.6 Å². The van der Waals surface area contributed by atoms with Crippen molar-refractivity contribution in [3.63, 3.8) is 0 Å². The number of ether oxygens (including phenoxy) is 3. The summed E-state index contributed by atoms with van der Waals surface area (Å²) < 4.78 is 15.3. The number of carbonyl (C=O) groups is 1. The highest BCUT2D eigenvalue weighted by atomic mass is 35.5. The van der Waals surface area contributed by atoms with E-state index < -0.39 is 12.2 Å². The molecule has 0 aliphatic carbocycles. The normalized spacial score (nSPS) is 11.0. The summed E-state index contributed by atoms with van der Waals surface area (Å²) in [6, 6.07) is 7.08. The van der Waals surface area contributed by atoms with Crippen LogP contribution in [0.15, 0.2) is 24.3 Å². The fraction of sp³-hybridized carbons (Fsp3) is 0.462. The van der Waals surface area contributed by atoms with Gasteiger partial charge in [-0.15, -0.1) is 12.4 Å². The van der Waals surface area contributed by atoms with Crippen LogP contribution in [0.25, 0.3) is 0 Å². The van der Waals surface area contributed by atoms with Crippen LogP contribution in [-0.2, 0) is 4.74 Å². The van der Waals surface area contributed by atoms with Crippen molar-refractivity contribution in [1.29, 1.82) is 0 Å². The summed E-state index contributed by atoms with van der Waals surface area (Å²) in [5, 5.41) is 12.1. The van der Waals surface area contributed by atoms with Crippen molar-refractivity contribution < 1.29 is 24.1 Å². The van der Waals surface area contributed by atoms with Crippen LogP contribution < -0.4 is 20.5 Å². The molecule has 7 nitrogen and oxygen atoms in total. The fourth-order valence-corrected chi connectivity index (χ4v) is 1.37. The van der Waals surface area contributed by atoms with Gasteiger partial charge in [0.2, 0.25) is 0 Å². The second-order valence-corrected chi connectivity index (χ2v) is 3.93. The summed E-state index contributed by atoms with van der Waals surface area (Å²) in [5.74, 6) is 1.09. The molecule has 0 radical (unpaired) electrons. The van der Waals surface area contributed by atoms with Gasteiger partial charge in [-0.05, 0) is 12.1 Å². The molecule has 120 valence electrons. The summed E-state index contributed by atoms with van der Waals surface area (Å²) in [6.07, 6.45) is -1.55. The van der Waals surface area contributed by atoms with E-state index in [0.717, 1.165) is 0 Å². The Morgan fingerprint density at radius 2 is 2.00 bits per heavy atom. The number of methoxy groups -OCH3 is 1. The SMILES string of the molecule is COc1ccccc1OCC(O)COC(=O)NCCN.Cl. The Morgan fingerprint density at radius 3 is 2.62 bits per heavy atom. The zero-order valence-electron chi connectivity index (χ0n) is 11.8. The first-order chi connectivity index (χ1) is 9.67. The molecule has 0 spiro atoms. The Hall–Kier alpha value is -1.70. The van der Waals surface area contributed by atoms with Gasteiger partial charge in [-0.2, -0.15) is 0 Å². The Labute approximate surface area is 129 Å². The lowest BCUT2D eigenvalue weighted by Crippen LogP contribution is -2.33. The van der Waals surface area contributed by atoms with E-state index in [2.05, 4.69) is 5.32 Å². The van der Waals surface area contributed by atoms with Gasteiger partial charge in [-0.1, -0.05) is 12.1 Å². The molecule has 1 aromatic carbocycles. The highest BCUT2D eigenvalue weighted by Crippen LogP contribution is 2.25. The van der Waals surface area contributed by atoms with E-state index in [4.69, 9.17) is 19.9 Å². The molecule has 1 amide bonds. The van der Waals surface area contributed by atoms with Crippen LogP contribution in [0.4, 0.5) is 4.79 Å². The lowest BCUT2D eigenvalue weighted by Gasteiger charge is -2.14. The molecule has 1 atom stereocenters. The molecule has 1 rings (SSSR count). The number of aliphatic hydroxyl groups excluding tert-OH is 1. The van der Waals surface area contributed by atoms with Gasteiger partial charge >= 0.3 is 6.09 Å². The summed E-state index contributed by atoms with van der Waals surface area (Å²) in [5.41, 5.74) is 5.22. The van der Waals surface area contributed by atoms with Crippen molar-refractivity contribution in [3.05, 3.63) is 24.3 Å². The molecule has 0 aromatic heterocycles. The van der Waals surface area contributed by atoms with Crippen molar-refractivity contribution in [3.8, 4) is 11.5 Å². The largest absolute Gasteiger partial charge is 0.493 e. The molecule has 0 aliphatic rings. The summed E-state index contributed by atoms with van der Waals surface area (Å²) >= 11 is 0. The Bertz CT molecular complexity index is 419. The van der Waals surface area contributed by atoms with E-state index in [1.165, 1.54) is 7.11 Å². The number of para-hydroxylation sites is 2. The third-order valence-corrected chi connectivity index (χ3v) is 2.32. The first-order valence-electron chi connectivity index (χ1n) is 6.22. The van der Waals surface area contributed by atoms with Crippen LogP contribution in [0.2, 0.25) is 0 Å². The Balaban J connectivity index is 0.00000400. The van der Waals surface area contributed by atoms with E-state index in [9.17, 15) is 9.90 Å². The van der Waals surface area contributed by atoms with E-state index >= 15 is 0 Å². The van der Waals surface area contributed by atoms with Crippen molar-refractivity contribution in [2.24, 2.45) is 5.73 Å². The monoisotopic (exact) mass is 320 g/mol. The maximum atomic E-state index is 11.1. The zero-order chi connectivity index (χ0) is 14.8. The molecule has 21 heavy (non-hydrogen) atoms. The van der Waals surface area contributed by atoms with Gasteiger partial charge in [-0.3, -0.25) is 0 Å². The zero-order valence-corrected chi connectivity index (χ0v) is 12.6. The molecule has 8 heteroatoms. The van der Waals surface area contributed by atoms with Crippen LogP contribution in [0, 0.1) is 0 Å². The number of rotatable bonds is 8. The number of carbonyl (C=O) groups excluding carboxylic acids is 1. The summed E-state index contributed by atoms with van der Waals surface area (Å²) in [7, 11) is 1.53. The number of hydrogen-bond donors (Lipinski definition) is 3. The molecular weight excluding hydrogens is 300 g/mol. The van der Waals surface area contributed by atoms with Gasteiger partial charge in [0.25, 0.3) is 0 Å². The van der Waals surface area contributed by atoms with Gasteiger partial charge in [0, 0.05) is 13.1 Å². The minimum Gasteiger partial charge on any atom is -0.493 e. The minimum absolute atomic E-state index is 0. The van der Waals surface area contributed by atoms with E-state index in [0.29, 0.717) is 24.6 Å². The number of benzene rings is 1. The Morgan fingerprint density at radius 1 is 1.33 bits per heavy atom. The molecule has 0 saturated heterocycles. The van der Waals surface area contributed by atoms with Crippen LogP contribution in [0.1, 0.15) is 0 Å².